The normalized spacial score (nSPS) is 10.4. The first-order valence-corrected chi connectivity index (χ1v) is 5.72. The molecule has 0 aliphatic carbocycles. The number of aromatic nitrogens is 2. The lowest BCUT2D eigenvalue weighted by molar-refractivity contribution is 0.769. The molecule has 4 nitrogen and oxygen atoms in total. The van der Waals surface area contributed by atoms with Crippen LogP contribution in [0.1, 0.15) is 5.56 Å². The van der Waals surface area contributed by atoms with Crippen LogP contribution in [0, 0.1) is 0 Å². The Balaban J connectivity index is 2.05. The molecule has 0 aliphatic heterocycles. The highest BCUT2D eigenvalue weighted by molar-refractivity contribution is 9.10. The number of nitrogens with one attached hydrogen (secondary N) is 1. The van der Waals surface area contributed by atoms with Gasteiger partial charge in [-0.3, -0.25) is 4.68 Å². The smallest absolute Gasteiger partial charge is 0.124 e. The van der Waals surface area contributed by atoms with Gasteiger partial charge in [0, 0.05) is 29.8 Å². The Morgan fingerprint density at radius 3 is 2.88 bits per heavy atom. The molecule has 2 rings (SSSR count). The van der Waals surface area contributed by atoms with Crippen molar-refractivity contribution >= 4 is 27.4 Å². The molecule has 2 aromatic rings. The van der Waals surface area contributed by atoms with Crippen LogP contribution in [-0.2, 0) is 13.6 Å². The topological polar surface area (TPSA) is 55.9 Å². The van der Waals surface area contributed by atoms with Crippen molar-refractivity contribution in [3.8, 4) is 0 Å². The summed E-state index contributed by atoms with van der Waals surface area (Å²) in [4.78, 5) is 0. The van der Waals surface area contributed by atoms with Crippen LogP contribution in [0.15, 0.2) is 34.9 Å². The highest BCUT2D eigenvalue weighted by Gasteiger charge is 2.00. The summed E-state index contributed by atoms with van der Waals surface area (Å²) in [5.41, 5.74) is 7.70. The third-order valence-corrected chi connectivity index (χ3v) is 3.08. The predicted octanol–water partition coefficient (Wildman–Crippen LogP) is 2.38. The van der Waals surface area contributed by atoms with E-state index in [9.17, 15) is 0 Å². The fraction of sp³-hybridized carbons (Fsp3) is 0.182. The van der Waals surface area contributed by atoms with E-state index < -0.39 is 0 Å². The molecule has 0 aliphatic rings. The first-order valence-electron chi connectivity index (χ1n) is 4.92. The minimum absolute atomic E-state index is 0.733. The summed E-state index contributed by atoms with van der Waals surface area (Å²) >= 11 is 3.37. The van der Waals surface area contributed by atoms with Crippen molar-refractivity contribution in [2.24, 2.45) is 7.05 Å². The van der Waals surface area contributed by atoms with Crippen LogP contribution in [0.2, 0.25) is 0 Å². The maximum Gasteiger partial charge on any atom is 0.124 e. The van der Waals surface area contributed by atoms with E-state index in [0.29, 0.717) is 0 Å². The van der Waals surface area contributed by atoms with Gasteiger partial charge < -0.3 is 11.1 Å². The van der Waals surface area contributed by atoms with Gasteiger partial charge in [0.2, 0.25) is 0 Å². The number of hydrogen-bond donors (Lipinski definition) is 2. The van der Waals surface area contributed by atoms with Gasteiger partial charge in [0.1, 0.15) is 5.82 Å². The highest BCUT2D eigenvalue weighted by atomic mass is 79.9. The van der Waals surface area contributed by atoms with Gasteiger partial charge in [0.15, 0.2) is 0 Å². The maximum absolute atomic E-state index is 5.81. The van der Waals surface area contributed by atoms with Crippen LogP contribution in [-0.4, -0.2) is 9.78 Å². The summed E-state index contributed by atoms with van der Waals surface area (Å²) in [6, 6.07) is 7.87. The molecule has 5 heteroatoms. The minimum atomic E-state index is 0.733. The van der Waals surface area contributed by atoms with E-state index in [2.05, 4.69) is 26.3 Å². The minimum Gasteiger partial charge on any atom is -0.398 e. The fourth-order valence-electron chi connectivity index (χ4n) is 1.44. The Hall–Kier alpha value is -1.49. The van der Waals surface area contributed by atoms with Gasteiger partial charge in [-0.05, 0) is 33.6 Å². The van der Waals surface area contributed by atoms with E-state index in [1.807, 2.05) is 31.3 Å². The summed E-state index contributed by atoms with van der Waals surface area (Å²) < 4.78 is 2.72. The third kappa shape index (κ3) is 2.36. The number of anilines is 2. The number of rotatable bonds is 3. The van der Waals surface area contributed by atoms with Crippen LogP contribution in [0.3, 0.4) is 0 Å². The van der Waals surface area contributed by atoms with E-state index in [-0.39, 0.29) is 0 Å². The monoisotopic (exact) mass is 280 g/mol. The molecule has 0 saturated carbocycles. The highest BCUT2D eigenvalue weighted by Crippen LogP contribution is 2.20. The molecule has 0 amide bonds. The van der Waals surface area contributed by atoms with Crippen LogP contribution < -0.4 is 11.1 Å². The van der Waals surface area contributed by atoms with E-state index in [0.717, 1.165) is 28.1 Å². The zero-order chi connectivity index (χ0) is 11.5. The number of nitrogens with zero attached hydrogens (tertiary/aromatic N) is 2. The van der Waals surface area contributed by atoms with Crippen molar-refractivity contribution in [3.05, 3.63) is 40.5 Å². The third-order valence-electron chi connectivity index (χ3n) is 2.35. The zero-order valence-corrected chi connectivity index (χ0v) is 10.5. The number of hydrogen-bond acceptors (Lipinski definition) is 3. The molecule has 0 radical (unpaired) electrons. The van der Waals surface area contributed by atoms with Crippen LogP contribution in [0.5, 0.6) is 0 Å². The molecule has 0 saturated heterocycles. The second-order valence-electron chi connectivity index (χ2n) is 3.55. The van der Waals surface area contributed by atoms with Crippen LogP contribution in [0.25, 0.3) is 0 Å². The van der Waals surface area contributed by atoms with Gasteiger partial charge >= 0.3 is 0 Å². The summed E-state index contributed by atoms with van der Waals surface area (Å²) in [5, 5.41) is 7.37. The maximum atomic E-state index is 5.81. The quantitative estimate of drug-likeness (QED) is 0.849. The SMILES string of the molecule is Cn1nccc1NCc1ccc(Br)c(N)c1. The first kappa shape index (κ1) is 11.0. The van der Waals surface area contributed by atoms with Crippen LogP contribution >= 0.6 is 15.9 Å². The molecule has 0 fully saturated rings. The molecule has 1 aromatic carbocycles. The lowest BCUT2D eigenvalue weighted by Crippen LogP contribution is -2.04. The molecule has 0 unspecified atom stereocenters. The number of nitrogen functional groups attached to an aromatic ring is 1. The number of nitrogens with two attached hydrogens (primary N) is 1. The average Bonchev–Trinajstić information content (AvgIpc) is 2.66. The Bertz CT molecular complexity index is 492. The van der Waals surface area contributed by atoms with Gasteiger partial charge in [-0.2, -0.15) is 5.10 Å². The summed E-state index contributed by atoms with van der Waals surface area (Å²) in [6.45, 7) is 0.733. The van der Waals surface area contributed by atoms with Crippen molar-refractivity contribution in [1.29, 1.82) is 0 Å². The van der Waals surface area contributed by atoms with Crippen molar-refractivity contribution in [3.63, 3.8) is 0 Å². The average molecular weight is 281 g/mol. The molecule has 1 aromatic heterocycles. The van der Waals surface area contributed by atoms with Crippen molar-refractivity contribution in [2.75, 3.05) is 11.1 Å². The van der Waals surface area contributed by atoms with E-state index in [1.165, 1.54) is 0 Å². The second kappa shape index (κ2) is 4.57. The molecule has 0 spiro atoms. The molecule has 1 heterocycles. The van der Waals surface area contributed by atoms with Crippen molar-refractivity contribution in [1.82, 2.24) is 9.78 Å². The molecular formula is C11H13BrN4. The second-order valence-corrected chi connectivity index (χ2v) is 4.40. The lowest BCUT2D eigenvalue weighted by Gasteiger charge is -2.07. The van der Waals surface area contributed by atoms with E-state index in [4.69, 9.17) is 5.73 Å². The van der Waals surface area contributed by atoms with Gasteiger partial charge in [0.05, 0.1) is 6.20 Å². The van der Waals surface area contributed by atoms with Crippen molar-refractivity contribution < 1.29 is 0 Å². The Morgan fingerprint density at radius 1 is 1.44 bits per heavy atom. The molecule has 0 bridgehead atoms. The zero-order valence-electron chi connectivity index (χ0n) is 8.94. The number of aryl methyl sites for hydroxylation is 1. The lowest BCUT2D eigenvalue weighted by atomic mass is 10.2. The number of halogens is 1. The Morgan fingerprint density at radius 2 is 2.25 bits per heavy atom. The number of benzene rings is 1. The largest absolute Gasteiger partial charge is 0.398 e. The molecule has 16 heavy (non-hydrogen) atoms. The van der Waals surface area contributed by atoms with E-state index >= 15 is 0 Å². The molecule has 0 atom stereocenters. The van der Waals surface area contributed by atoms with E-state index in [1.54, 1.807) is 10.9 Å². The molecular weight excluding hydrogens is 268 g/mol. The molecule has 3 N–H and O–H groups in total. The van der Waals surface area contributed by atoms with Crippen LogP contribution in [0.4, 0.5) is 11.5 Å². The summed E-state index contributed by atoms with van der Waals surface area (Å²) in [5.74, 6) is 0.987. The Kier molecular flexibility index (Phi) is 3.14. The molecule has 84 valence electrons. The summed E-state index contributed by atoms with van der Waals surface area (Å²) in [6.07, 6.45) is 1.76. The fourth-order valence-corrected chi connectivity index (χ4v) is 1.69. The summed E-state index contributed by atoms with van der Waals surface area (Å²) in [7, 11) is 1.90. The van der Waals surface area contributed by atoms with Crippen molar-refractivity contribution in [2.45, 2.75) is 6.54 Å². The van der Waals surface area contributed by atoms with Gasteiger partial charge in [-0.25, -0.2) is 0 Å². The first-order chi connectivity index (χ1) is 7.66. The van der Waals surface area contributed by atoms with Gasteiger partial charge in [0.25, 0.3) is 0 Å². The standard InChI is InChI=1S/C11H13BrN4/c1-16-11(4-5-15-16)14-7-8-2-3-9(12)10(13)6-8/h2-6,14H,7,13H2,1H3. The van der Waals surface area contributed by atoms with Gasteiger partial charge in [-0.15, -0.1) is 0 Å². The predicted molar refractivity (Wildman–Crippen MR) is 69.1 cm³/mol. The Labute approximate surface area is 103 Å². The van der Waals surface area contributed by atoms with Gasteiger partial charge in [-0.1, -0.05) is 6.07 Å².